The van der Waals surface area contributed by atoms with Crippen molar-refractivity contribution in [3.63, 3.8) is 0 Å². The maximum absolute atomic E-state index is 12.0. The third-order valence-corrected chi connectivity index (χ3v) is 4.20. The van der Waals surface area contributed by atoms with Crippen LogP contribution < -0.4 is 5.32 Å². The van der Waals surface area contributed by atoms with Crippen LogP contribution in [-0.2, 0) is 17.9 Å². The normalized spacial score (nSPS) is 10.8. The summed E-state index contributed by atoms with van der Waals surface area (Å²) in [6, 6.07) is 7.26. The highest BCUT2D eigenvalue weighted by Gasteiger charge is 2.08. The van der Waals surface area contributed by atoms with Gasteiger partial charge in [0.05, 0.1) is 22.3 Å². The third-order valence-electron chi connectivity index (χ3n) is 3.46. The second-order valence-electron chi connectivity index (χ2n) is 5.53. The number of anilines is 1. The molecule has 0 saturated heterocycles. The summed E-state index contributed by atoms with van der Waals surface area (Å²) < 4.78 is 3.34. The standard InChI is InChI=1S/C16H16Cl2N6O/c1-11-4-6-23(21-11)7-5-15(25)20-16-19-10-24(22-16)9-12-2-3-13(17)14(18)8-12/h2-4,6,8,10H,5,7,9H2,1H3,(H,20,22,25). The molecule has 0 bridgehead atoms. The highest BCUT2D eigenvalue weighted by atomic mass is 35.5. The summed E-state index contributed by atoms with van der Waals surface area (Å²) >= 11 is 11.9. The fraction of sp³-hybridized carbons (Fsp3) is 0.250. The van der Waals surface area contributed by atoms with Crippen molar-refractivity contribution < 1.29 is 4.79 Å². The van der Waals surface area contributed by atoms with E-state index < -0.39 is 0 Å². The van der Waals surface area contributed by atoms with Crippen molar-refractivity contribution >= 4 is 35.1 Å². The Kier molecular flexibility index (Phi) is 5.35. The van der Waals surface area contributed by atoms with Crippen molar-refractivity contribution in [2.75, 3.05) is 5.32 Å². The van der Waals surface area contributed by atoms with Gasteiger partial charge in [-0.25, -0.2) is 9.67 Å². The first-order valence-electron chi connectivity index (χ1n) is 7.63. The molecule has 0 radical (unpaired) electrons. The SMILES string of the molecule is Cc1ccn(CCC(=O)Nc2ncn(Cc3ccc(Cl)c(Cl)c3)n2)n1. The number of rotatable bonds is 6. The van der Waals surface area contributed by atoms with Crippen LogP contribution >= 0.6 is 23.2 Å². The van der Waals surface area contributed by atoms with E-state index in [-0.39, 0.29) is 11.9 Å². The molecular weight excluding hydrogens is 363 g/mol. The number of halogens is 2. The average molecular weight is 379 g/mol. The lowest BCUT2D eigenvalue weighted by atomic mass is 10.2. The van der Waals surface area contributed by atoms with Crippen LogP contribution in [0.25, 0.3) is 0 Å². The van der Waals surface area contributed by atoms with Gasteiger partial charge in [0, 0.05) is 19.2 Å². The molecular formula is C16H16Cl2N6O. The molecule has 3 aromatic rings. The summed E-state index contributed by atoms with van der Waals surface area (Å²) in [7, 11) is 0. The monoisotopic (exact) mass is 378 g/mol. The molecule has 0 fully saturated rings. The van der Waals surface area contributed by atoms with E-state index in [1.165, 1.54) is 0 Å². The number of benzene rings is 1. The van der Waals surface area contributed by atoms with E-state index >= 15 is 0 Å². The van der Waals surface area contributed by atoms with Crippen molar-refractivity contribution in [3.8, 4) is 0 Å². The number of hydrogen-bond acceptors (Lipinski definition) is 4. The molecule has 1 aromatic carbocycles. The maximum atomic E-state index is 12.0. The predicted octanol–water partition coefficient (Wildman–Crippen LogP) is 3.17. The summed E-state index contributed by atoms with van der Waals surface area (Å²) in [6.07, 6.45) is 3.68. The molecule has 1 amide bonds. The molecule has 130 valence electrons. The molecule has 0 spiro atoms. The maximum Gasteiger partial charge on any atom is 0.248 e. The van der Waals surface area contributed by atoms with Gasteiger partial charge in [-0.1, -0.05) is 29.3 Å². The number of aromatic nitrogens is 5. The minimum Gasteiger partial charge on any atom is -0.293 e. The Morgan fingerprint density at radius 1 is 1.16 bits per heavy atom. The molecule has 0 aliphatic carbocycles. The first-order chi connectivity index (χ1) is 12.0. The Labute approximate surface area is 154 Å². The van der Waals surface area contributed by atoms with Crippen molar-refractivity contribution in [1.82, 2.24) is 24.5 Å². The van der Waals surface area contributed by atoms with E-state index in [1.807, 2.05) is 25.3 Å². The van der Waals surface area contributed by atoms with E-state index in [2.05, 4.69) is 20.5 Å². The summed E-state index contributed by atoms with van der Waals surface area (Å²) in [4.78, 5) is 16.1. The number of nitrogens with zero attached hydrogens (tertiary/aromatic N) is 5. The number of carbonyl (C=O) groups is 1. The van der Waals surface area contributed by atoms with Crippen LogP contribution in [0, 0.1) is 6.92 Å². The molecule has 3 rings (SSSR count). The Morgan fingerprint density at radius 3 is 2.72 bits per heavy atom. The fourth-order valence-corrected chi connectivity index (χ4v) is 2.56. The van der Waals surface area contributed by atoms with Gasteiger partial charge in [-0.3, -0.25) is 14.8 Å². The zero-order valence-corrected chi connectivity index (χ0v) is 15.0. The summed E-state index contributed by atoms with van der Waals surface area (Å²) in [6.45, 7) is 2.89. The van der Waals surface area contributed by atoms with Crippen LogP contribution in [0.3, 0.4) is 0 Å². The molecule has 2 aromatic heterocycles. The van der Waals surface area contributed by atoms with Gasteiger partial charge in [0.25, 0.3) is 0 Å². The van der Waals surface area contributed by atoms with Gasteiger partial charge >= 0.3 is 0 Å². The van der Waals surface area contributed by atoms with Crippen molar-refractivity contribution in [2.24, 2.45) is 0 Å². The van der Waals surface area contributed by atoms with E-state index in [9.17, 15) is 4.79 Å². The number of hydrogen-bond donors (Lipinski definition) is 1. The number of amides is 1. The molecule has 0 aliphatic heterocycles. The van der Waals surface area contributed by atoms with Gasteiger partial charge in [0.1, 0.15) is 6.33 Å². The molecule has 7 nitrogen and oxygen atoms in total. The van der Waals surface area contributed by atoms with E-state index in [0.29, 0.717) is 29.6 Å². The molecule has 0 saturated carbocycles. The van der Waals surface area contributed by atoms with E-state index in [4.69, 9.17) is 23.2 Å². The van der Waals surface area contributed by atoms with Crippen molar-refractivity contribution in [2.45, 2.75) is 26.4 Å². The highest BCUT2D eigenvalue weighted by Crippen LogP contribution is 2.22. The largest absolute Gasteiger partial charge is 0.293 e. The highest BCUT2D eigenvalue weighted by molar-refractivity contribution is 6.42. The first kappa shape index (κ1) is 17.4. The van der Waals surface area contributed by atoms with Gasteiger partial charge < -0.3 is 0 Å². The fourth-order valence-electron chi connectivity index (χ4n) is 2.24. The molecule has 0 atom stereocenters. The topological polar surface area (TPSA) is 77.6 Å². The van der Waals surface area contributed by atoms with Crippen LogP contribution in [0.1, 0.15) is 17.7 Å². The average Bonchev–Trinajstić information content (AvgIpc) is 3.18. The van der Waals surface area contributed by atoms with Crippen molar-refractivity contribution in [3.05, 3.63) is 58.1 Å². The Hall–Kier alpha value is -2.38. The number of aryl methyl sites for hydroxylation is 2. The van der Waals surface area contributed by atoms with Crippen LogP contribution in [0.4, 0.5) is 5.95 Å². The molecule has 25 heavy (non-hydrogen) atoms. The lowest BCUT2D eigenvalue weighted by Crippen LogP contribution is -2.16. The van der Waals surface area contributed by atoms with Gasteiger partial charge in [-0.05, 0) is 30.7 Å². The van der Waals surface area contributed by atoms with Crippen LogP contribution in [0.5, 0.6) is 0 Å². The Bertz CT molecular complexity index is 888. The van der Waals surface area contributed by atoms with Crippen LogP contribution in [0.15, 0.2) is 36.8 Å². The smallest absolute Gasteiger partial charge is 0.248 e. The lowest BCUT2D eigenvalue weighted by molar-refractivity contribution is -0.116. The molecule has 0 aliphatic rings. The van der Waals surface area contributed by atoms with Gasteiger partial charge in [-0.15, -0.1) is 5.10 Å². The summed E-state index contributed by atoms with van der Waals surface area (Å²) in [5, 5.41) is 12.1. The first-order valence-corrected chi connectivity index (χ1v) is 8.38. The lowest BCUT2D eigenvalue weighted by Gasteiger charge is -2.03. The second kappa shape index (κ2) is 7.67. The van der Waals surface area contributed by atoms with Gasteiger partial charge in [0.15, 0.2) is 0 Å². The predicted molar refractivity (Wildman–Crippen MR) is 95.8 cm³/mol. The minimum atomic E-state index is -0.166. The summed E-state index contributed by atoms with van der Waals surface area (Å²) in [5.41, 5.74) is 1.86. The second-order valence-corrected chi connectivity index (χ2v) is 6.35. The summed E-state index contributed by atoms with van der Waals surface area (Å²) in [5.74, 6) is 0.0992. The molecule has 1 N–H and O–H groups in total. The Morgan fingerprint density at radius 2 is 2.00 bits per heavy atom. The number of nitrogens with one attached hydrogen (secondary N) is 1. The Balaban J connectivity index is 1.53. The van der Waals surface area contributed by atoms with Gasteiger partial charge in [-0.2, -0.15) is 5.10 Å². The minimum absolute atomic E-state index is 0.166. The van der Waals surface area contributed by atoms with E-state index in [0.717, 1.165) is 11.3 Å². The quantitative estimate of drug-likeness (QED) is 0.714. The van der Waals surface area contributed by atoms with Gasteiger partial charge in [0.2, 0.25) is 11.9 Å². The number of carbonyl (C=O) groups excluding carboxylic acids is 1. The molecule has 2 heterocycles. The third kappa shape index (κ3) is 4.80. The van der Waals surface area contributed by atoms with Crippen LogP contribution in [-0.4, -0.2) is 30.5 Å². The van der Waals surface area contributed by atoms with Crippen LogP contribution in [0.2, 0.25) is 10.0 Å². The van der Waals surface area contributed by atoms with Crippen molar-refractivity contribution in [1.29, 1.82) is 0 Å². The zero-order valence-electron chi connectivity index (χ0n) is 13.5. The molecule has 0 unspecified atom stereocenters. The zero-order chi connectivity index (χ0) is 17.8. The molecule has 9 heteroatoms. The van der Waals surface area contributed by atoms with E-state index in [1.54, 1.807) is 27.8 Å².